The Bertz CT molecular complexity index is 736. The Balaban J connectivity index is 1.92. The minimum atomic E-state index is -0.402. The number of hydrogen-bond donors (Lipinski definition) is 0. The standard InChI is InChI=1S/C15H10N2O2S/c18-17(19)13-8-6-12(7-9-13)15-16-14(10-20-15)11-4-2-1-3-5-11/h1-10H. The molecule has 0 aliphatic carbocycles. The van der Waals surface area contributed by atoms with E-state index in [0.717, 1.165) is 21.8 Å². The molecule has 0 saturated carbocycles. The zero-order valence-corrected chi connectivity index (χ0v) is 11.2. The third-order valence-electron chi connectivity index (χ3n) is 2.90. The van der Waals surface area contributed by atoms with E-state index in [1.54, 1.807) is 12.1 Å². The van der Waals surface area contributed by atoms with E-state index in [2.05, 4.69) is 4.98 Å². The maximum absolute atomic E-state index is 10.6. The van der Waals surface area contributed by atoms with Gasteiger partial charge in [-0.05, 0) is 12.1 Å². The topological polar surface area (TPSA) is 56.0 Å². The number of benzene rings is 2. The first kappa shape index (κ1) is 12.5. The van der Waals surface area contributed by atoms with Crippen LogP contribution in [0.1, 0.15) is 0 Å². The highest BCUT2D eigenvalue weighted by Gasteiger charge is 2.09. The first-order chi connectivity index (χ1) is 9.74. The number of thiazole rings is 1. The second-order valence-corrected chi connectivity index (χ2v) is 5.07. The number of rotatable bonds is 3. The molecule has 0 saturated heterocycles. The largest absolute Gasteiger partial charge is 0.269 e. The number of non-ortho nitro benzene ring substituents is 1. The average Bonchev–Trinajstić information content (AvgIpc) is 2.98. The first-order valence-electron chi connectivity index (χ1n) is 6.00. The van der Waals surface area contributed by atoms with Crippen LogP contribution in [0.5, 0.6) is 0 Å². The van der Waals surface area contributed by atoms with Crippen molar-refractivity contribution in [2.45, 2.75) is 0 Å². The minimum Gasteiger partial charge on any atom is -0.258 e. The maximum atomic E-state index is 10.6. The number of hydrogen-bond acceptors (Lipinski definition) is 4. The lowest BCUT2D eigenvalue weighted by molar-refractivity contribution is -0.384. The van der Waals surface area contributed by atoms with E-state index in [9.17, 15) is 10.1 Å². The van der Waals surface area contributed by atoms with Gasteiger partial charge in [0.15, 0.2) is 0 Å². The Hall–Kier alpha value is -2.53. The molecule has 0 atom stereocenters. The predicted octanol–water partition coefficient (Wildman–Crippen LogP) is 4.39. The first-order valence-corrected chi connectivity index (χ1v) is 6.88. The SMILES string of the molecule is O=[N+]([O-])c1ccc(-c2nc(-c3ccccc3)cs2)cc1. The van der Waals surface area contributed by atoms with Crippen LogP contribution in [-0.2, 0) is 0 Å². The van der Waals surface area contributed by atoms with E-state index in [1.807, 2.05) is 35.7 Å². The molecule has 1 heterocycles. The van der Waals surface area contributed by atoms with Crippen LogP contribution in [-0.4, -0.2) is 9.91 Å². The number of nitro benzene ring substituents is 1. The molecule has 98 valence electrons. The quantitative estimate of drug-likeness (QED) is 0.529. The second kappa shape index (κ2) is 5.22. The minimum absolute atomic E-state index is 0.0913. The van der Waals surface area contributed by atoms with Crippen molar-refractivity contribution in [3.8, 4) is 21.8 Å². The summed E-state index contributed by atoms with van der Waals surface area (Å²) >= 11 is 1.53. The smallest absolute Gasteiger partial charge is 0.258 e. The van der Waals surface area contributed by atoms with E-state index in [-0.39, 0.29) is 5.69 Å². The van der Waals surface area contributed by atoms with Crippen molar-refractivity contribution < 1.29 is 4.92 Å². The zero-order chi connectivity index (χ0) is 13.9. The molecule has 2 aromatic carbocycles. The summed E-state index contributed by atoms with van der Waals surface area (Å²) in [5, 5.41) is 13.5. The van der Waals surface area contributed by atoms with Gasteiger partial charge in [0.2, 0.25) is 0 Å². The molecule has 0 spiro atoms. The third kappa shape index (κ3) is 2.44. The summed E-state index contributed by atoms with van der Waals surface area (Å²) in [5.41, 5.74) is 2.97. The van der Waals surface area contributed by atoms with E-state index in [4.69, 9.17) is 0 Å². The van der Waals surface area contributed by atoms with Gasteiger partial charge >= 0.3 is 0 Å². The second-order valence-electron chi connectivity index (χ2n) is 4.21. The maximum Gasteiger partial charge on any atom is 0.269 e. The monoisotopic (exact) mass is 282 g/mol. The van der Waals surface area contributed by atoms with Crippen molar-refractivity contribution in [1.29, 1.82) is 0 Å². The van der Waals surface area contributed by atoms with Crippen LogP contribution in [0.4, 0.5) is 5.69 Å². The molecule has 0 radical (unpaired) electrons. The third-order valence-corrected chi connectivity index (χ3v) is 3.79. The molecule has 3 aromatic rings. The van der Waals surface area contributed by atoms with E-state index < -0.39 is 4.92 Å². The van der Waals surface area contributed by atoms with E-state index in [0.29, 0.717) is 0 Å². The molecular weight excluding hydrogens is 272 g/mol. The molecule has 3 rings (SSSR count). The van der Waals surface area contributed by atoms with Crippen LogP contribution in [0.2, 0.25) is 0 Å². The van der Waals surface area contributed by atoms with Gasteiger partial charge in [-0.2, -0.15) is 0 Å². The van der Waals surface area contributed by atoms with Gasteiger partial charge in [-0.3, -0.25) is 10.1 Å². The van der Waals surface area contributed by atoms with Crippen molar-refractivity contribution in [3.63, 3.8) is 0 Å². The van der Waals surface area contributed by atoms with Gasteiger partial charge in [-0.15, -0.1) is 11.3 Å². The van der Waals surface area contributed by atoms with Crippen molar-refractivity contribution in [1.82, 2.24) is 4.98 Å². The Morgan fingerprint density at radius 1 is 0.950 bits per heavy atom. The van der Waals surface area contributed by atoms with Gasteiger partial charge in [0.05, 0.1) is 10.6 Å². The summed E-state index contributed by atoms with van der Waals surface area (Å²) in [6.45, 7) is 0. The van der Waals surface area contributed by atoms with Crippen molar-refractivity contribution >= 4 is 17.0 Å². The molecule has 4 nitrogen and oxygen atoms in total. The fourth-order valence-electron chi connectivity index (χ4n) is 1.87. The summed E-state index contributed by atoms with van der Waals surface area (Å²) in [6, 6.07) is 16.4. The van der Waals surface area contributed by atoms with Crippen LogP contribution in [0.25, 0.3) is 21.8 Å². The molecular formula is C15H10N2O2S. The van der Waals surface area contributed by atoms with Gasteiger partial charge in [0, 0.05) is 28.6 Å². The van der Waals surface area contributed by atoms with Gasteiger partial charge in [-0.25, -0.2) is 4.98 Å². The lowest BCUT2D eigenvalue weighted by Gasteiger charge is -1.97. The lowest BCUT2D eigenvalue weighted by atomic mass is 10.2. The van der Waals surface area contributed by atoms with E-state index in [1.165, 1.54) is 23.5 Å². The number of nitro groups is 1. The lowest BCUT2D eigenvalue weighted by Crippen LogP contribution is -1.87. The molecule has 0 fully saturated rings. The Kier molecular flexibility index (Phi) is 3.26. The Morgan fingerprint density at radius 3 is 2.30 bits per heavy atom. The fourth-order valence-corrected chi connectivity index (χ4v) is 2.71. The predicted molar refractivity (Wildman–Crippen MR) is 79.6 cm³/mol. The molecule has 0 aliphatic heterocycles. The van der Waals surface area contributed by atoms with Gasteiger partial charge < -0.3 is 0 Å². The van der Waals surface area contributed by atoms with Crippen molar-refractivity contribution in [2.75, 3.05) is 0 Å². The highest BCUT2D eigenvalue weighted by atomic mass is 32.1. The van der Waals surface area contributed by atoms with Crippen LogP contribution >= 0.6 is 11.3 Å². The Labute approximate surface area is 119 Å². The Morgan fingerprint density at radius 2 is 1.65 bits per heavy atom. The van der Waals surface area contributed by atoms with Gasteiger partial charge in [0.1, 0.15) is 5.01 Å². The summed E-state index contributed by atoms with van der Waals surface area (Å²) in [7, 11) is 0. The summed E-state index contributed by atoms with van der Waals surface area (Å²) in [5.74, 6) is 0. The van der Waals surface area contributed by atoms with Crippen molar-refractivity contribution in [2.24, 2.45) is 0 Å². The molecule has 0 unspecified atom stereocenters. The number of aromatic nitrogens is 1. The molecule has 5 heteroatoms. The molecule has 1 aromatic heterocycles. The van der Waals surface area contributed by atoms with Crippen LogP contribution in [0, 0.1) is 10.1 Å². The fraction of sp³-hybridized carbons (Fsp3) is 0. The summed E-state index contributed by atoms with van der Waals surface area (Å²) < 4.78 is 0. The highest BCUT2D eigenvalue weighted by molar-refractivity contribution is 7.13. The zero-order valence-electron chi connectivity index (χ0n) is 10.4. The normalized spacial score (nSPS) is 10.4. The molecule has 0 N–H and O–H groups in total. The van der Waals surface area contributed by atoms with Gasteiger partial charge in [0.25, 0.3) is 5.69 Å². The van der Waals surface area contributed by atoms with Crippen LogP contribution < -0.4 is 0 Å². The highest BCUT2D eigenvalue weighted by Crippen LogP contribution is 2.29. The van der Waals surface area contributed by atoms with E-state index >= 15 is 0 Å². The molecule has 20 heavy (non-hydrogen) atoms. The molecule has 0 bridgehead atoms. The van der Waals surface area contributed by atoms with Gasteiger partial charge in [-0.1, -0.05) is 30.3 Å². The summed E-state index contributed by atoms with van der Waals surface area (Å²) in [4.78, 5) is 14.8. The summed E-state index contributed by atoms with van der Waals surface area (Å²) in [6.07, 6.45) is 0. The number of nitrogens with zero attached hydrogens (tertiary/aromatic N) is 2. The van der Waals surface area contributed by atoms with Crippen molar-refractivity contribution in [3.05, 3.63) is 70.1 Å². The molecule has 0 amide bonds. The average molecular weight is 282 g/mol. The van der Waals surface area contributed by atoms with Crippen LogP contribution in [0.15, 0.2) is 60.0 Å². The molecule has 0 aliphatic rings. The van der Waals surface area contributed by atoms with Crippen LogP contribution in [0.3, 0.4) is 0 Å².